The Morgan fingerprint density at radius 2 is 1.94 bits per heavy atom. The average molecular weight is 498 g/mol. The quantitative estimate of drug-likeness (QED) is 0.262. The lowest BCUT2D eigenvalue weighted by atomic mass is 10.2. The molecule has 1 amide bonds. The lowest BCUT2D eigenvalue weighted by Gasteiger charge is -2.23. The molecule has 0 unspecified atom stereocenters. The first-order valence-corrected chi connectivity index (χ1v) is 11.2. The van der Waals surface area contributed by atoms with E-state index in [1.807, 2.05) is 37.3 Å². The maximum Gasteiger partial charge on any atom is 0.330 e. The van der Waals surface area contributed by atoms with E-state index in [1.54, 1.807) is 0 Å². The third-order valence-electron chi connectivity index (χ3n) is 5.25. The summed E-state index contributed by atoms with van der Waals surface area (Å²) in [5, 5.41) is 11.1. The van der Waals surface area contributed by atoms with Crippen molar-refractivity contribution in [2.45, 2.75) is 26.3 Å². The van der Waals surface area contributed by atoms with Crippen molar-refractivity contribution in [2.75, 3.05) is 17.2 Å². The molecule has 11 heteroatoms. The number of nitrogen functional groups attached to an aromatic ring is 1. The van der Waals surface area contributed by atoms with Crippen LogP contribution in [-0.2, 0) is 11.3 Å². The van der Waals surface area contributed by atoms with Crippen LogP contribution < -0.4 is 21.9 Å². The number of rotatable bonds is 9. The summed E-state index contributed by atoms with van der Waals surface area (Å²) in [6.07, 6.45) is 3.88. The number of unbranched alkanes of at least 4 members (excludes halogenated alkanes) is 1. The first-order chi connectivity index (χ1) is 16.7. The molecule has 0 radical (unpaired) electrons. The molecular weight excluding hydrogens is 474 g/mol. The molecule has 10 nitrogen and oxygen atoms in total. The number of aromatic amines is 1. The number of carbonyl (C=O) groups excluding carboxylic acids is 1. The van der Waals surface area contributed by atoms with Crippen LogP contribution >= 0.6 is 11.6 Å². The second-order valence-electron chi connectivity index (χ2n) is 7.71. The predicted octanol–water partition coefficient (Wildman–Crippen LogP) is 3.58. The van der Waals surface area contributed by atoms with Crippen molar-refractivity contribution >= 4 is 40.8 Å². The van der Waals surface area contributed by atoms with Crippen molar-refractivity contribution < 1.29 is 9.72 Å². The normalized spacial score (nSPS) is 11.0. The Kier molecular flexibility index (Phi) is 8.21. The fraction of sp³-hybridized carbons (Fsp3) is 0.208. The minimum atomic E-state index is -0.781. The number of nitro benzene ring substituents is 1. The second-order valence-corrected chi connectivity index (χ2v) is 8.12. The number of nitro groups is 1. The summed E-state index contributed by atoms with van der Waals surface area (Å²) in [4.78, 5) is 52.4. The molecule has 0 bridgehead atoms. The van der Waals surface area contributed by atoms with Gasteiger partial charge in [-0.1, -0.05) is 61.3 Å². The highest BCUT2D eigenvalue weighted by molar-refractivity contribution is 6.32. The van der Waals surface area contributed by atoms with E-state index >= 15 is 0 Å². The minimum Gasteiger partial charge on any atom is -0.383 e. The van der Waals surface area contributed by atoms with E-state index in [2.05, 4.69) is 4.98 Å². The molecule has 182 valence electrons. The number of carbonyl (C=O) groups is 1. The molecule has 2 aromatic carbocycles. The number of anilines is 2. The summed E-state index contributed by atoms with van der Waals surface area (Å²) >= 11 is 5.84. The topological polar surface area (TPSA) is 144 Å². The van der Waals surface area contributed by atoms with Gasteiger partial charge in [0.25, 0.3) is 17.2 Å². The van der Waals surface area contributed by atoms with Crippen LogP contribution in [0.5, 0.6) is 0 Å². The van der Waals surface area contributed by atoms with Gasteiger partial charge in [-0.3, -0.25) is 29.3 Å². The smallest absolute Gasteiger partial charge is 0.330 e. The van der Waals surface area contributed by atoms with Gasteiger partial charge in [0, 0.05) is 18.7 Å². The number of aromatic nitrogens is 2. The molecule has 35 heavy (non-hydrogen) atoms. The van der Waals surface area contributed by atoms with E-state index in [0.717, 1.165) is 12.0 Å². The Morgan fingerprint density at radius 1 is 1.23 bits per heavy atom. The summed E-state index contributed by atoms with van der Waals surface area (Å²) in [6, 6.07) is 13.2. The van der Waals surface area contributed by atoms with Gasteiger partial charge >= 0.3 is 5.69 Å². The largest absolute Gasteiger partial charge is 0.383 e. The molecule has 0 spiro atoms. The molecule has 0 fully saturated rings. The van der Waals surface area contributed by atoms with Gasteiger partial charge in [0.05, 0.1) is 11.5 Å². The zero-order valence-electron chi connectivity index (χ0n) is 18.9. The molecule has 3 aromatic rings. The monoisotopic (exact) mass is 497 g/mol. The molecule has 0 atom stereocenters. The van der Waals surface area contributed by atoms with Crippen LogP contribution in [0.2, 0.25) is 5.02 Å². The van der Waals surface area contributed by atoms with E-state index in [0.29, 0.717) is 12.0 Å². The molecule has 1 aromatic heterocycles. The fourth-order valence-electron chi connectivity index (χ4n) is 3.44. The lowest BCUT2D eigenvalue weighted by molar-refractivity contribution is -0.384. The van der Waals surface area contributed by atoms with Gasteiger partial charge in [0.1, 0.15) is 10.8 Å². The number of H-pyrrole nitrogens is 1. The number of halogens is 1. The predicted molar refractivity (Wildman–Crippen MR) is 136 cm³/mol. The third-order valence-corrected chi connectivity index (χ3v) is 5.57. The van der Waals surface area contributed by atoms with E-state index in [1.165, 1.54) is 39.8 Å². The summed E-state index contributed by atoms with van der Waals surface area (Å²) in [5.41, 5.74) is 5.52. The number of nitrogens with two attached hydrogens (primary N) is 1. The van der Waals surface area contributed by atoms with E-state index in [9.17, 15) is 24.5 Å². The van der Waals surface area contributed by atoms with Gasteiger partial charge < -0.3 is 10.6 Å². The van der Waals surface area contributed by atoms with Gasteiger partial charge in [-0.25, -0.2) is 4.79 Å². The van der Waals surface area contributed by atoms with Crippen molar-refractivity contribution in [2.24, 2.45) is 0 Å². The number of amides is 1. The Morgan fingerprint density at radius 3 is 2.60 bits per heavy atom. The first-order valence-electron chi connectivity index (χ1n) is 10.8. The van der Waals surface area contributed by atoms with Crippen LogP contribution in [0, 0.1) is 10.1 Å². The molecular formula is C24H24ClN5O5. The van der Waals surface area contributed by atoms with Crippen LogP contribution in [0.4, 0.5) is 17.2 Å². The number of benzene rings is 2. The van der Waals surface area contributed by atoms with Crippen LogP contribution in [0.3, 0.4) is 0 Å². The van der Waals surface area contributed by atoms with Crippen LogP contribution in [0.15, 0.2) is 64.2 Å². The van der Waals surface area contributed by atoms with Crippen molar-refractivity contribution in [1.82, 2.24) is 9.55 Å². The van der Waals surface area contributed by atoms with E-state index < -0.39 is 22.1 Å². The zero-order valence-corrected chi connectivity index (χ0v) is 19.7. The maximum atomic E-state index is 13.2. The Labute approximate surface area is 205 Å². The molecule has 0 aliphatic rings. The maximum absolute atomic E-state index is 13.2. The molecule has 3 rings (SSSR count). The molecule has 0 saturated heterocycles. The summed E-state index contributed by atoms with van der Waals surface area (Å²) < 4.78 is 1.20. The van der Waals surface area contributed by atoms with Gasteiger partial charge in [0.2, 0.25) is 0 Å². The molecule has 0 saturated carbocycles. The van der Waals surface area contributed by atoms with Crippen LogP contribution in [-0.4, -0.2) is 26.9 Å². The fourth-order valence-corrected chi connectivity index (χ4v) is 3.63. The average Bonchev–Trinajstić information content (AvgIpc) is 2.83. The summed E-state index contributed by atoms with van der Waals surface area (Å²) in [5.74, 6) is -0.708. The Balaban J connectivity index is 2.00. The minimum absolute atomic E-state index is 0.0250. The Hall–Kier alpha value is -4.18. The molecule has 0 aliphatic heterocycles. The van der Waals surface area contributed by atoms with Crippen molar-refractivity contribution in [3.8, 4) is 0 Å². The zero-order chi connectivity index (χ0) is 25.5. The number of hydrogen-bond donors (Lipinski definition) is 2. The number of nitrogens with zero attached hydrogens (tertiary/aromatic N) is 3. The van der Waals surface area contributed by atoms with Crippen LogP contribution in [0.1, 0.15) is 30.9 Å². The van der Waals surface area contributed by atoms with Gasteiger partial charge in [-0.05, 0) is 29.7 Å². The first kappa shape index (κ1) is 25.4. The van der Waals surface area contributed by atoms with Gasteiger partial charge in [-0.15, -0.1) is 0 Å². The standard InChI is InChI=1S/C24H24ClN5O5/c1-2-3-13-28(20(31)12-10-16-9-11-18(25)19(14-16)30(34)35)21-22(26)29(24(33)27-23(21)32)15-17-7-5-4-6-8-17/h4-12,14H,2-3,13,15,26H2,1H3,(H,27,32,33)/b12-10+. The second kappa shape index (κ2) is 11.3. The third kappa shape index (κ3) is 6.04. The van der Waals surface area contributed by atoms with E-state index in [4.69, 9.17) is 17.3 Å². The number of hydrogen-bond acceptors (Lipinski definition) is 6. The molecule has 1 heterocycles. The van der Waals surface area contributed by atoms with E-state index in [-0.39, 0.29) is 35.3 Å². The van der Waals surface area contributed by atoms with Crippen molar-refractivity contribution in [1.29, 1.82) is 0 Å². The van der Waals surface area contributed by atoms with Crippen molar-refractivity contribution in [3.63, 3.8) is 0 Å². The Bertz CT molecular complexity index is 1380. The summed E-state index contributed by atoms with van der Waals surface area (Å²) in [6.45, 7) is 2.21. The number of nitrogens with one attached hydrogen (secondary N) is 1. The summed E-state index contributed by atoms with van der Waals surface area (Å²) in [7, 11) is 0. The van der Waals surface area contributed by atoms with Crippen molar-refractivity contribution in [3.05, 3.63) is 102 Å². The van der Waals surface area contributed by atoms with Crippen LogP contribution in [0.25, 0.3) is 6.08 Å². The SMILES string of the molecule is CCCCN(C(=O)/C=C/c1ccc(Cl)c([N+](=O)[O-])c1)c1c(N)n(Cc2ccccc2)c(=O)[nH]c1=O. The molecule has 3 N–H and O–H groups in total. The highest BCUT2D eigenvalue weighted by Crippen LogP contribution is 2.26. The van der Waals surface area contributed by atoms with Gasteiger partial charge in [-0.2, -0.15) is 0 Å². The highest BCUT2D eigenvalue weighted by Gasteiger charge is 2.23. The highest BCUT2D eigenvalue weighted by atomic mass is 35.5. The lowest BCUT2D eigenvalue weighted by Crippen LogP contribution is -2.41. The molecule has 0 aliphatic carbocycles. The van der Waals surface area contributed by atoms with Gasteiger partial charge in [0.15, 0.2) is 5.69 Å².